The van der Waals surface area contributed by atoms with Crippen LogP contribution in [0.1, 0.15) is 55.1 Å². The molecule has 1 aromatic rings. The van der Waals surface area contributed by atoms with Crippen molar-refractivity contribution in [2.24, 2.45) is 5.92 Å². The normalized spacial score (nSPS) is 17.5. The van der Waals surface area contributed by atoms with E-state index >= 15 is 0 Å². The summed E-state index contributed by atoms with van der Waals surface area (Å²) in [7, 11) is 0. The molecular weight excluding hydrogens is 276 g/mol. The molecule has 1 amide bonds. The molecule has 0 aromatic carbocycles. The average molecular weight is 299 g/mol. The number of alkyl halides is 2. The molecule has 0 saturated heterocycles. The summed E-state index contributed by atoms with van der Waals surface area (Å²) in [5, 5.41) is 7.11. The summed E-state index contributed by atoms with van der Waals surface area (Å²) in [6.07, 6.45) is 4.39. The summed E-state index contributed by atoms with van der Waals surface area (Å²) in [6.45, 7) is 5.17. The minimum Gasteiger partial charge on any atom is -0.352 e. The Kier molecular flexibility index (Phi) is 4.96. The number of aromatic nitrogens is 2. The van der Waals surface area contributed by atoms with E-state index in [-0.39, 0.29) is 24.7 Å². The summed E-state index contributed by atoms with van der Waals surface area (Å²) in [4.78, 5) is 12.1. The highest BCUT2D eigenvalue weighted by molar-refractivity contribution is 5.94. The van der Waals surface area contributed by atoms with Crippen molar-refractivity contribution in [3.63, 3.8) is 0 Å². The fourth-order valence-electron chi connectivity index (χ4n) is 2.65. The molecule has 0 unspecified atom stereocenters. The van der Waals surface area contributed by atoms with Crippen LogP contribution in [0.15, 0.2) is 6.20 Å². The number of hydrogen-bond acceptors (Lipinski definition) is 2. The van der Waals surface area contributed by atoms with Crippen LogP contribution < -0.4 is 5.32 Å². The van der Waals surface area contributed by atoms with Gasteiger partial charge in [-0.2, -0.15) is 5.10 Å². The molecule has 4 nitrogen and oxygen atoms in total. The Morgan fingerprint density at radius 2 is 2.24 bits per heavy atom. The van der Waals surface area contributed by atoms with E-state index in [0.717, 1.165) is 19.4 Å². The third-order valence-electron chi connectivity index (χ3n) is 3.94. The van der Waals surface area contributed by atoms with E-state index in [4.69, 9.17) is 0 Å². The van der Waals surface area contributed by atoms with E-state index in [2.05, 4.69) is 17.3 Å². The van der Waals surface area contributed by atoms with E-state index in [9.17, 15) is 13.6 Å². The standard InChI is InChI=1S/C15H23F2N3O/c1-3-4-7-20-10-13(11(2)19-20)14(21)18-6-5-12-8-15(16,17)9-12/h10,12H,3-9H2,1-2H3,(H,18,21). The quantitative estimate of drug-likeness (QED) is 0.840. The Morgan fingerprint density at radius 3 is 2.86 bits per heavy atom. The van der Waals surface area contributed by atoms with Crippen molar-refractivity contribution >= 4 is 5.91 Å². The molecule has 1 aliphatic rings. The number of unbranched alkanes of at least 4 members (excludes halogenated alkanes) is 1. The molecule has 1 aromatic heterocycles. The third kappa shape index (κ3) is 4.25. The Balaban J connectivity index is 1.76. The SMILES string of the molecule is CCCCn1cc(C(=O)NCCC2CC(F)(F)C2)c(C)n1. The molecule has 6 heteroatoms. The van der Waals surface area contributed by atoms with Gasteiger partial charge in [0, 0.05) is 32.1 Å². The minimum absolute atomic E-state index is 0.0358. The summed E-state index contributed by atoms with van der Waals surface area (Å²) in [5.41, 5.74) is 1.28. The minimum atomic E-state index is -2.48. The molecule has 0 atom stereocenters. The van der Waals surface area contributed by atoms with E-state index in [1.807, 2.05) is 6.92 Å². The average Bonchev–Trinajstić information content (AvgIpc) is 2.75. The fourth-order valence-corrected chi connectivity index (χ4v) is 2.65. The lowest BCUT2D eigenvalue weighted by atomic mass is 9.79. The van der Waals surface area contributed by atoms with Gasteiger partial charge in [-0.3, -0.25) is 9.48 Å². The smallest absolute Gasteiger partial charge is 0.254 e. The molecule has 0 spiro atoms. The van der Waals surface area contributed by atoms with Crippen LogP contribution >= 0.6 is 0 Å². The molecule has 1 heterocycles. The van der Waals surface area contributed by atoms with Gasteiger partial charge in [0.15, 0.2) is 0 Å². The topological polar surface area (TPSA) is 46.9 Å². The number of hydrogen-bond donors (Lipinski definition) is 1. The summed E-state index contributed by atoms with van der Waals surface area (Å²) >= 11 is 0. The van der Waals surface area contributed by atoms with Gasteiger partial charge in [0.25, 0.3) is 5.91 Å². The highest BCUT2D eigenvalue weighted by atomic mass is 19.3. The fraction of sp³-hybridized carbons (Fsp3) is 0.733. The van der Waals surface area contributed by atoms with Gasteiger partial charge in [0.05, 0.1) is 11.3 Å². The van der Waals surface area contributed by atoms with E-state index < -0.39 is 5.92 Å². The van der Waals surface area contributed by atoms with Crippen molar-refractivity contribution in [2.75, 3.05) is 6.54 Å². The number of rotatable bonds is 7. The van der Waals surface area contributed by atoms with Crippen molar-refractivity contribution in [2.45, 2.75) is 58.4 Å². The van der Waals surface area contributed by atoms with Crippen molar-refractivity contribution in [1.82, 2.24) is 15.1 Å². The molecule has 1 aliphatic carbocycles. The first-order chi connectivity index (χ1) is 9.91. The lowest BCUT2D eigenvalue weighted by Crippen LogP contribution is -2.37. The predicted octanol–water partition coefficient (Wildman–Crippen LogP) is 3.16. The van der Waals surface area contributed by atoms with Crippen LogP contribution in [0.4, 0.5) is 8.78 Å². The first kappa shape index (κ1) is 15.9. The maximum atomic E-state index is 12.7. The van der Waals surface area contributed by atoms with Crippen LogP contribution in [0.25, 0.3) is 0 Å². The molecule has 118 valence electrons. The number of halogens is 2. The highest BCUT2D eigenvalue weighted by Crippen LogP contribution is 2.43. The third-order valence-corrected chi connectivity index (χ3v) is 3.94. The van der Waals surface area contributed by atoms with Crippen LogP contribution in [-0.4, -0.2) is 28.2 Å². The second kappa shape index (κ2) is 6.54. The van der Waals surface area contributed by atoms with Gasteiger partial charge in [0.2, 0.25) is 5.92 Å². The van der Waals surface area contributed by atoms with Crippen molar-refractivity contribution < 1.29 is 13.6 Å². The molecule has 0 radical (unpaired) electrons. The second-order valence-corrected chi connectivity index (χ2v) is 5.92. The van der Waals surface area contributed by atoms with Gasteiger partial charge in [-0.25, -0.2) is 8.78 Å². The molecule has 0 aliphatic heterocycles. The highest BCUT2D eigenvalue weighted by Gasteiger charge is 2.44. The Morgan fingerprint density at radius 1 is 1.52 bits per heavy atom. The second-order valence-electron chi connectivity index (χ2n) is 5.92. The van der Waals surface area contributed by atoms with Gasteiger partial charge in [-0.05, 0) is 25.7 Å². The molecule has 21 heavy (non-hydrogen) atoms. The monoisotopic (exact) mass is 299 g/mol. The number of nitrogens with one attached hydrogen (secondary N) is 1. The Labute approximate surface area is 123 Å². The largest absolute Gasteiger partial charge is 0.352 e. The maximum absolute atomic E-state index is 12.7. The molecule has 0 bridgehead atoms. The number of nitrogens with zero attached hydrogens (tertiary/aromatic N) is 2. The summed E-state index contributed by atoms with van der Waals surface area (Å²) < 4.78 is 27.2. The van der Waals surface area contributed by atoms with Gasteiger partial charge in [-0.1, -0.05) is 13.3 Å². The van der Waals surface area contributed by atoms with Gasteiger partial charge >= 0.3 is 0 Å². The van der Waals surface area contributed by atoms with E-state index in [1.54, 1.807) is 10.9 Å². The van der Waals surface area contributed by atoms with Gasteiger partial charge in [0.1, 0.15) is 0 Å². The molecular formula is C15H23F2N3O. The number of carbonyl (C=O) groups is 1. The first-order valence-corrected chi connectivity index (χ1v) is 7.61. The number of aryl methyl sites for hydroxylation is 2. The van der Waals surface area contributed by atoms with Crippen LogP contribution in [0.5, 0.6) is 0 Å². The number of amides is 1. The van der Waals surface area contributed by atoms with Crippen LogP contribution in [0, 0.1) is 12.8 Å². The Hall–Kier alpha value is -1.46. The molecule has 1 fully saturated rings. The summed E-state index contributed by atoms with van der Waals surface area (Å²) in [6, 6.07) is 0. The van der Waals surface area contributed by atoms with Crippen LogP contribution in [-0.2, 0) is 6.54 Å². The lowest BCUT2D eigenvalue weighted by molar-refractivity contribution is -0.111. The maximum Gasteiger partial charge on any atom is 0.254 e. The van der Waals surface area contributed by atoms with Gasteiger partial charge in [-0.15, -0.1) is 0 Å². The molecule has 2 rings (SSSR count). The molecule has 1 saturated carbocycles. The van der Waals surface area contributed by atoms with E-state index in [1.165, 1.54) is 0 Å². The zero-order valence-corrected chi connectivity index (χ0v) is 12.7. The predicted molar refractivity (Wildman–Crippen MR) is 76.5 cm³/mol. The zero-order chi connectivity index (χ0) is 15.5. The van der Waals surface area contributed by atoms with Crippen LogP contribution in [0.3, 0.4) is 0 Å². The van der Waals surface area contributed by atoms with Crippen molar-refractivity contribution in [1.29, 1.82) is 0 Å². The zero-order valence-electron chi connectivity index (χ0n) is 12.7. The number of carbonyl (C=O) groups excluding carboxylic acids is 1. The summed E-state index contributed by atoms with van der Waals surface area (Å²) in [5.74, 6) is -2.61. The van der Waals surface area contributed by atoms with Gasteiger partial charge < -0.3 is 5.32 Å². The molecule has 1 N–H and O–H groups in total. The Bertz CT molecular complexity index is 491. The van der Waals surface area contributed by atoms with Crippen LogP contribution in [0.2, 0.25) is 0 Å². The first-order valence-electron chi connectivity index (χ1n) is 7.61. The van der Waals surface area contributed by atoms with Crippen molar-refractivity contribution in [3.05, 3.63) is 17.5 Å². The van der Waals surface area contributed by atoms with Crippen molar-refractivity contribution in [3.8, 4) is 0 Å². The van der Waals surface area contributed by atoms with E-state index in [0.29, 0.717) is 24.2 Å². The lowest BCUT2D eigenvalue weighted by Gasteiger charge is -2.34.